The molecule has 0 spiro atoms. The normalized spacial score (nSPS) is 12.9. The van der Waals surface area contributed by atoms with Crippen molar-refractivity contribution in [2.45, 2.75) is 39.0 Å². The summed E-state index contributed by atoms with van der Waals surface area (Å²) in [7, 11) is 0. The van der Waals surface area contributed by atoms with E-state index in [4.69, 9.17) is 0 Å². The van der Waals surface area contributed by atoms with E-state index in [1.165, 1.54) is 12.1 Å². The third-order valence-corrected chi connectivity index (χ3v) is 2.13. The number of alkyl halides is 3. The van der Waals surface area contributed by atoms with Gasteiger partial charge in [-0.2, -0.15) is 13.2 Å². The lowest BCUT2D eigenvalue weighted by atomic mass is 10.0. The highest BCUT2D eigenvalue weighted by atomic mass is 19.4. The lowest BCUT2D eigenvalue weighted by Crippen LogP contribution is -2.35. The Balaban J connectivity index is 2.88. The molecule has 0 bridgehead atoms. The summed E-state index contributed by atoms with van der Waals surface area (Å²) in [5.74, 6) is 0. The summed E-state index contributed by atoms with van der Waals surface area (Å²) in [5.41, 5.74) is -0.477. The fourth-order valence-corrected chi connectivity index (χ4v) is 1.31. The summed E-state index contributed by atoms with van der Waals surface area (Å²) in [6.45, 7) is 5.98. The first-order valence-electron chi connectivity index (χ1n) is 5.10. The standard InChI is InChI=1S/C12H16F3N/c1-11(2,3)16-8-9-6-4-5-7-10(9)12(13,14)15/h4-7,16H,8H2,1-3H3. The number of halogens is 3. The molecule has 1 aromatic rings. The smallest absolute Gasteiger partial charge is 0.308 e. The molecule has 0 unspecified atom stereocenters. The van der Waals surface area contributed by atoms with Crippen LogP contribution in [0.25, 0.3) is 0 Å². The molecule has 0 aliphatic heterocycles. The molecule has 0 amide bonds. The molecule has 0 radical (unpaired) electrons. The Morgan fingerprint density at radius 2 is 1.62 bits per heavy atom. The molecule has 90 valence electrons. The minimum Gasteiger partial charge on any atom is -0.308 e. The zero-order chi connectivity index (χ0) is 12.4. The van der Waals surface area contributed by atoms with Crippen molar-refractivity contribution >= 4 is 0 Å². The maximum atomic E-state index is 12.6. The second kappa shape index (κ2) is 4.45. The molecular formula is C12H16F3N. The molecule has 0 saturated heterocycles. The highest BCUT2D eigenvalue weighted by molar-refractivity contribution is 5.29. The topological polar surface area (TPSA) is 12.0 Å². The molecule has 1 rings (SSSR count). The van der Waals surface area contributed by atoms with E-state index in [9.17, 15) is 13.2 Å². The Bertz CT molecular complexity index is 350. The first-order valence-corrected chi connectivity index (χ1v) is 5.10. The molecule has 0 aliphatic rings. The molecule has 1 aromatic carbocycles. The lowest BCUT2D eigenvalue weighted by molar-refractivity contribution is -0.138. The van der Waals surface area contributed by atoms with Crippen LogP contribution in [0.15, 0.2) is 24.3 Å². The van der Waals surface area contributed by atoms with Crippen molar-refractivity contribution in [1.29, 1.82) is 0 Å². The highest BCUT2D eigenvalue weighted by Gasteiger charge is 2.32. The van der Waals surface area contributed by atoms with Crippen LogP contribution >= 0.6 is 0 Å². The maximum absolute atomic E-state index is 12.6. The molecule has 0 aromatic heterocycles. The first-order chi connectivity index (χ1) is 7.20. The van der Waals surface area contributed by atoms with Crippen LogP contribution in [0, 0.1) is 0 Å². The van der Waals surface area contributed by atoms with Gasteiger partial charge in [-0.05, 0) is 32.4 Å². The third kappa shape index (κ3) is 3.85. The van der Waals surface area contributed by atoms with Gasteiger partial charge < -0.3 is 5.32 Å². The maximum Gasteiger partial charge on any atom is 0.416 e. The van der Waals surface area contributed by atoms with Crippen molar-refractivity contribution in [3.8, 4) is 0 Å². The van der Waals surface area contributed by atoms with Crippen molar-refractivity contribution in [2.24, 2.45) is 0 Å². The van der Waals surface area contributed by atoms with Crippen LogP contribution in [0.2, 0.25) is 0 Å². The van der Waals surface area contributed by atoms with Gasteiger partial charge in [0.1, 0.15) is 0 Å². The van der Waals surface area contributed by atoms with E-state index in [0.29, 0.717) is 0 Å². The van der Waals surface area contributed by atoms with E-state index >= 15 is 0 Å². The lowest BCUT2D eigenvalue weighted by Gasteiger charge is -2.22. The number of benzene rings is 1. The highest BCUT2D eigenvalue weighted by Crippen LogP contribution is 2.31. The molecule has 0 heterocycles. The van der Waals surface area contributed by atoms with E-state index < -0.39 is 11.7 Å². The number of rotatable bonds is 2. The van der Waals surface area contributed by atoms with Gasteiger partial charge in [0.05, 0.1) is 5.56 Å². The summed E-state index contributed by atoms with van der Waals surface area (Å²) in [4.78, 5) is 0. The molecule has 0 saturated carbocycles. The zero-order valence-electron chi connectivity index (χ0n) is 9.65. The number of hydrogen-bond acceptors (Lipinski definition) is 1. The van der Waals surface area contributed by atoms with Gasteiger partial charge in [0, 0.05) is 12.1 Å². The molecule has 1 N–H and O–H groups in total. The Morgan fingerprint density at radius 1 is 1.06 bits per heavy atom. The van der Waals surface area contributed by atoms with Gasteiger partial charge in [0.15, 0.2) is 0 Å². The Hall–Kier alpha value is -1.03. The van der Waals surface area contributed by atoms with Gasteiger partial charge in [-0.1, -0.05) is 18.2 Å². The van der Waals surface area contributed by atoms with Gasteiger partial charge >= 0.3 is 6.18 Å². The fraction of sp³-hybridized carbons (Fsp3) is 0.500. The van der Waals surface area contributed by atoms with E-state index in [1.807, 2.05) is 20.8 Å². The Labute approximate surface area is 93.7 Å². The van der Waals surface area contributed by atoms with Crippen LogP contribution in [0.3, 0.4) is 0 Å². The monoisotopic (exact) mass is 231 g/mol. The third-order valence-electron chi connectivity index (χ3n) is 2.13. The SMILES string of the molecule is CC(C)(C)NCc1ccccc1C(F)(F)F. The zero-order valence-corrected chi connectivity index (χ0v) is 9.65. The van der Waals surface area contributed by atoms with Gasteiger partial charge in [-0.25, -0.2) is 0 Å². The number of nitrogens with one attached hydrogen (secondary N) is 1. The second-order valence-electron chi connectivity index (χ2n) is 4.76. The van der Waals surface area contributed by atoms with Crippen LogP contribution in [-0.4, -0.2) is 5.54 Å². The van der Waals surface area contributed by atoms with Crippen LogP contribution in [0.4, 0.5) is 13.2 Å². The first kappa shape index (κ1) is 13.0. The molecule has 0 fully saturated rings. The molecule has 0 atom stereocenters. The summed E-state index contributed by atoms with van der Waals surface area (Å²) in [5, 5.41) is 3.05. The van der Waals surface area contributed by atoms with Crippen LogP contribution in [-0.2, 0) is 12.7 Å². The van der Waals surface area contributed by atoms with Crippen molar-refractivity contribution in [1.82, 2.24) is 5.32 Å². The Morgan fingerprint density at radius 3 is 2.12 bits per heavy atom. The minimum atomic E-state index is -4.28. The summed E-state index contributed by atoms with van der Waals surface area (Å²) >= 11 is 0. The second-order valence-corrected chi connectivity index (χ2v) is 4.76. The van der Waals surface area contributed by atoms with Crippen LogP contribution < -0.4 is 5.32 Å². The number of hydrogen-bond donors (Lipinski definition) is 1. The van der Waals surface area contributed by atoms with Crippen molar-refractivity contribution in [3.63, 3.8) is 0 Å². The summed E-state index contributed by atoms with van der Waals surface area (Å²) in [6, 6.07) is 5.64. The predicted octanol–water partition coefficient (Wildman–Crippen LogP) is 3.59. The molecule has 16 heavy (non-hydrogen) atoms. The largest absolute Gasteiger partial charge is 0.416 e. The van der Waals surface area contributed by atoms with Crippen LogP contribution in [0.5, 0.6) is 0 Å². The average Bonchev–Trinajstić information content (AvgIpc) is 2.12. The summed E-state index contributed by atoms with van der Waals surface area (Å²) in [6.07, 6.45) is -4.28. The van der Waals surface area contributed by atoms with Gasteiger partial charge in [0.2, 0.25) is 0 Å². The van der Waals surface area contributed by atoms with Gasteiger partial charge in [0.25, 0.3) is 0 Å². The van der Waals surface area contributed by atoms with Crippen LogP contribution in [0.1, 0.15) is 31.9 Å². The molecule has 1 nitrogen and oxygen atoms in total. The van der Waals surface area contributed by atoms with Crippen molar-refractivity contribution < 1.29 is 13.2 Å². The van der Waals surface area contributed by atoms with E-state index in [2.05, 4.69) is 5.32 Å². The van der Waals surface area contributed by atoms with E-state index in [1.54, 1.807) is 6.07 Å². The fourth-order valence-electron chi connectivity index (χ4n) is 1.31. The van der Waals surface area contributed by atoms with Crippen molar-refractivity contribution in [3.05, 3.63) is 35.4 Å². The molecule has 0 aliphatic carbocycles. The summed E-state index contributed by atoms with van der Waals surface area (Å²) < 4.78 is 37.9. The Kier molecular flexibility index (Phi) is 3.63. The molecule has 4 heteroatoms. The van der Waals surface area contributed by atoms with Crippen molar-refractivity contribution in [2.75, 3.05) is 0 Å². The predicted molar refractivity (Wildman–Crippen MR) is 58.0 cm³/mol. The van der Waals surface area contributed by atoms with Gasteiger partial charge in [-0.15, -0.1) is 0 Å². The van der Waals surface area contributed by atoms with E-state index in [0.717, 1.165) is 6.07 Å². The van der Waals surface area contributed by atoms with E-state index in [-0.39, 0.29) is 17.6 Å². The minimum absolute atomic E-state index is 0.196. The molecular weight excluding hydrogens is 215 g/mol. The van der Waals surface area contributed by atoms with Gasteiger partial charge in [-0.3, -0.25) is 0 Å². The average molecular weight is 231 g/mol. The quantitative estimate of drug-likeness (QED) is 0.820.